The van der Waals surface area contributed by atoms with Crippen molar-refractivity contribution < 1.29 is 9.90 Å². The number of rotatable bonds is 3. The van der Waals surface area contributed by atoms with Gasteiger partial charge in [0.25, 0.3) is 0 Å². The molecule has 1 saturated heterocycles. The normalized spacial score (nSPS) is 20.2. The van der Waals surface area contributed by atoms with Gasteiger partial charge in [0.15, 0.2) is 5.65 Å². The lowest BCUT2D eigenvalue weighted by atomic mass is 10.1. The third-order valence-corrected chi connectivity index (χ3v) is 3.80. The average Bonchev–Trinajstić information content (AvgIpc) is 2.97. The van der Waals surface area contributed by atoms with E-state index in [1.165, 1.54) is 6.42 Å². The van der Waals surface area contributed by atoms with Gasteiger partial charge in [0.2, 0.25) is 0 Å². The highest BCUT2D eigenvalue weighted by molar-refractivity contribution is 5.86. The topological polar surface area (TPSA) is 70.7 Å². The summed E-state index contributed by atoms with van der Waals surface area (Å²) in [6.07, 6.45) is 3.05. The van der Waals surface area contributed by atoms with Gasteiger partial charge in [0.05, 0.1) is 0 Å². The van der Waals surface area contributed by atoms with E-state index >= 15 is 0 Å². The second-order valence-electron chi connectivity index (χ2n) is 5.01. The molecule has 0 aliphatic carbocycles. The summed E-state index contributed by atoms with van der Waals surface area (Å²) in [5.41, 5.74) is 0.814. The van der Waals surface area contributed by atoms with Crippen LogP contribution in [0.3, 0.4) is 0 Å². The highest BCUT2D eigenvalue weighted by atomic mass is 16.4. The number of carbonyl (C=O) groups is 1. The molecule has 0 saturated carbocycles. The number of aromatic nitrogens is 3. The van der Waals surface area contributed by atoms with Crippen LogP contribution in [0, 0.1) is 0 Å². The van der Waals surface area contributed by atoms with Crippen LogP contribution in [0.1, 0.15) is 29.2 Å². The van der Waals surface area contributed by atoms with Crippen molar-refractivity contribution in [2.75, 3.05) is 13.6 Å². The molecule has 1 N–H and O–H groups in total. The molecule has 100 valence electrons. The summed E-state index contributed by atoms with van der Waals surface area (Å²) in [6.45, 7) is 1.09. The van der Waals surface area contributed by atoms with E-state index in [1.807, 2.05) is 0 Å². The number of carboxylic acids is 1. The molecule has 19 heavy (non-hydrogen) atoms. The molecule has 2 aromatic rings. The Hall–Kier alpha value is -1.95. The van der Waals surface area contributed by atoms with Crippen molar-refractivity contribution in [3.8, 4) is 0 Å². The minimum Gasteiger partial charge on any atom is -0.477 e. The fourth-order valence-electron chi connectivity index (χ4n) is 2.75. The number of hydrogen-bond donors (Lipinski definition) is 1. The van der Waals surface area contributed by atoms with Crippen molar-refractivity contribution in [1.82, 2.24) is 19.5 Å². The van der Waals surface area contributed by atoms with Crippen LogP contribution >= 0.6 is 0 Å². The lowest BCUT2D eigenvalue weighted by Crippen LogP contribution is -2.28. The van der Waals surface area contributed by atoms with Gasteiger partial charge < -0.3 is 10.0 Å². The van der Waals surface area contributed by atoms with E-state index in [0.717, 1.165) is 25.2 Å². The monoisotopic (exact) mass is 260 g/mol. The quantitative estimate of drug-likeness (QED) is 0.893. The van der Waals surface area contributed by atoms with Crippen LogP contribution in [-0.4, -0.2) is 50.2 Å². The van der Waals surface area contributed by atoms with Crippen LogP contribution in [-0.2, 0) is 6.42 Å². The van der Waals surface area contributed by atoms with Crippen LogP contribution in [0.15, 0.2) is 18.2 Å². The van der Waals surface area contributed by atoms with Gasteiger partial charge in [-0.2, -0.15) is 0 Å². The molecule has 6 nitrogen and oxygen atoms in total. The Morgan fingerprint density at radius 2 is 2.32 bits per heavy atom. The summed E-state index contributed by atoms with van der Waals surface area (Å²) >= 11 is 0. The third kappa shape index (κ3) is 2.08. The van der Waals surface area contributed by atoms with Gasteiger partial charge in [0.1, 0.15) is 11.5 Å². The Kier molecular flexibility index (Phi) is 2.94. The van der Waals surface area contributed by atoms with Crippen LogP contribution in [0.2, 0.25) is 0 Å². The number of nitrogens with zero attached hydrogens (tertiary/aromatic N) is 4. The van der Waals surface area contributed by atoms with E-state index in [1.54, 1.807) is 22.6 Å². The minimum atomic E-state index is -0.952. The number of likely N-dealkylation sites (tertiary alicyclic amines) is 1. The second kappa shape index (κ2) is 4.62. The zero-order chi connectivity index (χ0) is 13.4. The number of pyridine rings is 1. The van der Waals surface area contributed by atoms with Crippen molar-refractivity contribution in [1.29, 1.82) is 0 Å². The lowest BCUT2D eigenvalue weighted by Gasteiger charge is -2.18. The van der Waals surface area contributed by atoms with Gasteiger partial charge in [0, 0.05) is 12.5 Å². The molecular formula is C13H16N4O2. The van der Waals surface area contributed by atoms with Crippen LogP contribution in [0.5, 0.6) is 0 Å². The molecule has 0 amide bonds. The Morgan fingerprint density at radius 1 is 1.47 bits per heavy atom. The molecule has 2 aromatic heterocycles. The van der Waals surface area contributed by atoms with Gasteiger partial charge in [-0.15, -0.1) is 10.2 Å². The Balaban J connectivity index is 2.01. The summed E-state index contributed by atoms with van der Waals surface area (Å²) in [7, 11) is 2.10. The summed E-state index contributed by atoms with van der Waals surface area (Å²) in [5, 5.41) is 17.5. The molecule has 1 aliphatic heterocycles. The van der Waals surface area contributed by atoms with Gasteiger partial charge in [-0.25, -0.2) is 4.79 Å². The number of fused-ring (bicyclic) bond motifs is 1. The molecule has 0 bridgehead atoms. The van der Waals surface area contributed by atoms with Crippen LogP contribution in [0.25, 0.3) is 5.65 Å². The van der Waals surface area contributed by atoms with Crippen molar-refractivity contribution in [2.24, 2.45) is 0 Å². The Bertz CT molecular complexity index is 622. The zero-order valence-corrected chi connectivity index (χ0v) is 10.8. The first-order valence-corrected chi connectivity index (χ1v) is 6.43. The minimum absolute atomic E-state index is 0.221. The molecule has 3 heterocycles. The zero-order valence-electron chi connectivity index (χ0n) is 10.8. The number of hydrogen-bond acceptors (Lipinski definition) is 4. The first-order chi connectivity index (χ1) is 9.16. The molecule has 3 rings (SSSR count). The second-order valence-corrected chi connectivity index (χ2v) is 5.01. The van der Waals surface area contributed by atoms with Crippen molar-refractivity contribution >= 4 is 11.6 Å². The fraction of sp³-hybridized carbons (Fsp3) is 0.462. The van der Waals surface area contributed by atoms with E-state index in [4.69, 9.17) is 0 Å². The van der Waals surface area contributed by atoms with Gasteiger partial charge in [-0.1, -0.05) is 6.07 Å². The molecule has 1 aliphatic rings. The first-order valence-electron chi connectivity index (χ1n) is 6.43. The van der Waals surface area contributed by atoms with E-state index in [2.05, 4.69) is 22.1 Å². The van der Waals surface area contributed by atoms with Crippen molar-refractivity contribution in [3.05, 3.63) is 29.7 Å². The third-order valence-electron chi connectivity index (χ3n) is 3.80. The number of aromatic carboxylic acids is 1. The summed E-state index contributed by atoms with van der Waals surface area (Å²) < 4.78 is 1.65. The first kappa shape index (κ1) is 12.1. The molecule has 0 spiro atoms. The Labute approximate surface area is 110 Å². The van der Waals surface area contributed by atoms with E-state index in [9.17, 15) is 9.90 Å². The lowest BCUT2D eigenvalue weighted by molar-refractivity contribution is 0.0688. The van der Waals surface area contributed by atoms with Crippen molar-refractivity contribution in [2.45, 2.75) is 25.3 Å². The summed E-state index contributed by atoms with van der Waals surface area (Å²) in [4.78, 5) is 13.6. The fourth-order valence-corrected chi connectivity index (χ4v) is 2.75. The average molecular weight is 260 g/mol. The van der Waals surface area contributed by atoms with Gasteiger partial charge in [-0.3, -0.25) is 4.40 Å². The van der Waals surface area contributed by atoms with Gasteiger partial charge >= 0.3 is 5.97 Å². The molecular weight excluding hydrogens is 244 g/mol. The maximum absolute atomic E-state index is 11.3. The molecule has 1 fully saturated rings. The van der Waals surface area contributed by atoms with E-state index in [-0.39, 0.29) is 5.69 Å². The van der Waals surface area contributed by atoms with E-state index in [0.29, 0.717) is 11.7 Å². The largest absolute Gasteiger partial charge is 0.477 e. The van der Waals surface area contributed by atoms with Crippen molar-refractivity contribution in [3.63, 3.8) is 0 Å². The molecule has 0 aromatic carbocycles. The maximum atomic E-state index is 11.3. The highest BCUT2D eigenvalue weighted by Crippen LogP contribution is 2.19. The molecule has 6 heteroatoms. The SMILES string of the molecule is CN1CCCC1Cc1nnc2cccc(C(=O)O)n12. The Morgan fingerprint density at radius 3 is 3.00 bits per heavy atom. The predicted octanol–water partition coefficient (Wildman–Crippen LogP) is 1.06. The number of carboxylic acid groups (broad SMARTS) is 1. The van der Waals surface area contributed by atoms with E-state index < -0.39 is 5.97 Å². The summed E-state index contributed by atoms with van der Waals surface area (Å²) in [6, 6.07) is 5.48. The van der Waals surface area contributed by atoms with Crippen LogP contribution in [0.4, 0.5) is 0 Å². The number of likely N-dealkylation sites (N-methyl/N-ethyl adjacent to an activating group) is 1. The maximum Gasteiger partial charge on any atom is 0.352 e. The van der Waals surface area contributed by atoms with Gasteiger partial charge in [-0.05, 0) is 38.6 Å². The molecule has 1 atom stereocenters. The smallest absolute Gasteiger partial charge is 0.352 e. The highest BCUT2D eigenvalue weighted by Gasteiger charge is 2.24. The molecule has 1 unspecified atom stereocenters. The molecule has 0 radical (unpaired) electrons. The summed E-state index contributed by atoms with van der Waals surface area (Å²) in [5.74, 6) is -0.224. The standard InChI is InChI=1S/C13H16N4O2/c1-16-7-3-4-9(16)8-12-15-14-11-6-2-5-10(13(18)19)17(11)12/h2,5-6,9H,3-4,7-8H2,1H3,(H,18,19). The predicted molar refractivity (Wildman–Crippen MR) is 69.3 cm³/mol. The van der Waals surface area contributed by atoms with Crippen LogP contribution < -0.4 is 0 Å².